The lowest BCUT2D eigenvalue weighted by atomic mass is 10.1. The number of anilines is 2. The molecule has 0 saturated carbocycles. The van der Waals surface area contributed by atoms with Gasteiger partial charge in [-0.1, -0.05) is 18.2 Å². The highest BCUT2D eigenvalue weighted by atomic mass is 16.5. The Bertz CT molecular complexity index is 816. The number of aromatic carboxylic acids is 1. The van der Waals surface area contributed by atoms with E-state index in [9.17, 15) is 9.59 Å². The van der Waals surface area contributed by atoms with E-state index in [0.29, 0.717) is 17.1 Å². The van der Waals surface area contributed by atoms with Crippen molar-refractivity contribution in [2.75, 3.05) is 24.7 Å². The van der Waals surface area contributed by atoms with Gasteiger partial charge in [-0.25, -0.2) is 4.79 Å². The van der Waals surface area contributed by atoms with Crippen molar-refractivity contribution in [1.82, 2.24) is 0 Å². The van der Waals surface area contributed by atoms with Gasteiger partial charge in [0.2, 0.25) is 0 Å². The summed E-state index contributed by atoms with van der Waals surface area (Å²) in [5.41, 5.74) is 8.59. The van der Waals surface area contributed by atoms with Crippen LogP contribution in [-0.2, 0) is 9.53 Å². The molecule has 1 amide bonds. The number of ether oxygens (including phenoxy) is 1. The van der Waals surface area contributed by atoms with Crippen molar-refractivity contribution >= 4 is 29.0 Å². The molecule has 2 rings (SSSR count). The Balaban J connectivity index is 1.94. The zero-order valence-corrected chi connectivity index (χ0v) is 14.6. The quantitative estimate of drug-likeness (QED) is 0.521. The number of hydrogen-bond donors (Lipinski definition) is 3. The van der Waals surface area contributed by atoms with Gasteiger partial charge < -0.3 is 20.9 Å². The first-order valence-electron chi connectivity index (χ1n) is 7.98. The van der Waals surface area contributed by atoms with Gasteiger partial charge in [-0.05, 0) is 37.3 Å². The fraction of sp³-hybridized carbons (Fsp3) is 0.211. The van der Waals surface area contributed by atoms with Crippen LogP contribution in [0, 0.1) is 0 Å². The number of nitrogens with two attached hydrogens (primary N) is 1. The van der Waals surface area contributed by atoms with Crippen LogP contribution in [0.1, 0.15) is 22.8 Å². The fourth-order valence-corrected chi connectivity index (χ4v) is 2.24. The second kappa shape index (κ2) is 8.77. The normalized spacial score (nSPS) is 12.5. The molecule has 4 N–H and O–H groups in total. The van der Waals surface area contributed by atoms with Gasteiger partial charge in [0.1, 0.15) is 6.10 Å². The molecule has 0 saturated heterocycles. The number of amides is 1. The lowest BCUT2D eigenvalue weighted by Gasteiger charge is -2.15. The van der Waals surface area contributed by atoms with Crippen molar-refractivity contribution in [2.45, 2.75) is 13.0 Å². The number of carboxylic acid groups (broad SMARTS) is 1. The molecule has 7 heteroatoms. The van der Waals surface area contributed by atoms with Crippen LogP contribution in [0.2, 0.25) is 0 Å². The van der Waals surface area contributed by atoms with E-state index in [4.69, 9.17) is 15.6 Å². The number of aliphatic imine (C=N–C) groups is 1. The molecule has 0 heterocycles. The predicted molar refractivity (Wildman–Crippen MR) is 101 cm³/mol. The molecular weight excluding hydrogens is 334 g/mol. The molecular formula is C19H21N3O4. The van der Waals surface area contributed by atoms with Crippen LogP contribution in [0.5, 0.6) is 0 Å². The fourth-order valence-electron chi connectivity index (χ4n) is 2.24. The Labute approximate surface area is 151 Å². The zero-order valence-electron chi connectivity index (χ0n) is 14.6. The standard InChI is InChI=1S/C19H21N3O4/c1-12(18(23)22-14-9-7-13(8-10-14)19(24)25)26-11-17(21-2)15-5-3-4-6-16(15)20/h3-10,12H,11,20H2,1-2H3,(H,22,23)(H,24,25). The highest BCUT2D eigenvalue weighted by Gasteiger charge is 2.16. The van der Waals surface area contributed by atoms with Gasteiger partial charge in [0, 0.05) is 24.0 Å². The molecule has 0 radical (unpaired) electrons. The first-order chi connectivity index (χ1) is 12.4. The highest BCUT2D eigenvalue weighted by molar-refractivity contribution is 6.05. The highest BCUT2D eigenvalue weighted by Crippen LogP contribution is 2.14. The number of carbonyl (C=O) groups is 2. The van der Waals surface area contributed by atoms with Crippen LogP contribution in [-0.4, -0.2) is 42.5 Å². The Morgan fingerprint density at radius 1 is 1.19 bits per heavy atom. The summed E-state index contributed by atoms with van der Waals surface area (Å²) in [7, 11) is 1.64. The predicted octanol–water partition coefficient (Wildman–Crippen LogP) is 2.43. The Kier molecular flexibility index (Phi) is 6.46. The second-order valence-corrected chi connectivity index (χ2v) is 5.58. The van der Waals surface area contributed by atoms with E-state index in [2.05, 4.69) is 10.3 Å². The van der Waals surface area contributed by atoms with Gasteiger partial charge in [0.05, 0.1) is 17.9 Å². The summed E-state index contributed by atoms with van der Waals surface area (Å²) in [5, 5.41) is 11.6. The number of hydrogen-bond acceptors (Lipinski definition) is 5. The maximum atomic E-state index is 12.2. The van der Waals surface area contributed by atoms with E-state index in [1.807, 2.05) is 18.2 Å². The summed E-state index contributed by atoms with van der Waals surface area (Å²) in [5.74, 6) is -1.37. The summed E-state index contributed by atoms with van der Waals surface area (Å²) >= 11 is 0. The van der Waals surface area contributed by atoms with Gasteiger partial charge in [0.25, 0.3) is 5.91 Å². The summed E-state index contributed by atoms with van der Waals surface area (Å²) in [6.07, 6.45) is -0.726. The van der Waals surface area contributed by atoms with Crippen LogP contribution in [0.15, 0.2) is 53.5 Å². The molecule has 136 valence electrons. The van der Waals surface area contributed by atoms with Gasteiger partial charge in [0.15, 0.2) is 0 Å². The van der Waals surface area contributed by atoms with Gasteiger partial charge in [-0.2, -0.15) is 0 Å². The number of nitrogen functional groups attached to an aromatic ring is 1. The average Bonchev–Trinajstić information content (AvgIpc) is 2.63. The molecule has 0 aromatic heterocycles. The second-order valence-electron chi connectivity index (χ2n) is 5.58. The van der Waals surface area contributed by atoms with E-state index in [1.54, 1.807) is 20.0 Å². The molecule has 2 aromatic rings. The maximum Gasteiger partial charge on any atom is 0.335 e. The number of nitrogens with zero attached hydrogens (tertiary/aromatic N) is 1. The first kappa shape index (κ1) is 19.1. The minimum atomic E-state index is -1.02. The molecule has 26 heavy (non-hydrogen) atoms. The monoisotopic (exact) mass is 355 g/mol. The molecule has 0 fully saturated rings. The summed E-state index contributed by atoms with van der Waals surface area (Å²) in [4.78, 5) is 27.2. The Hall–Kier alpha value is -3.19. The first-order valence-corrected chi connectivity index (χ1v) is 7.98. The average molecular weight is 355 g/mol. The number of benzene rings is 2. The number of carboxylic acids is 1. The summed E-state index contributed by atoms with van der Waals surface area (Å²) < 4.78 is 5.61. The third kappa shape index (κ3) is 4.90. The van der Waals surface area contributed by atoms with Crippen molar-refractivity contribution in [3.63, 3.8) is 0 Å². The van der Waals surface area contributed by atoms with Gasteiger partial charge in [-0.15, -0.1) is 0 Å². The van der Waals surface area contributed by atoms with E-state index in [0.717, 1.165) is 5.56 Å². The van der Waals surface area contributed by atoms with Crippen molar-refractivity contribution in [3.05, 3.63) is 59.7 Å². The zero-order chi connectivity index (χ0) is 19.1. The van der Waals surface area contributed by atoms with Crippen LogP contribution in [0.4, 0.5) is 11.4 Å². The molecule has 0 spiro atoms. The molecule has 0 bridgehead atoms. The Morgan fingerprint density at radius 2 is 1.85 bits per heavy atom. The minimum absolute atomic E-state index is 0.136. The number of carbonyl (C=O) groups excluding carboxylic acids is 1. The third-order valence-electron chi connectivity index (χ3n) is 3.78. The van der Waals surface area contributed by atoms with Crippen LogP contribution >= 0.6 is 0 Å². The third-order valence-corrected chi connectivity index (χ3v) is 3.78. The smallest absolute Gasteiger partial charge is 0.335 e. The van der Waals surface area contributed by atoms with Crippen molar-refractivity contribution in [3.8, 4) is 0 Å². The van der Waals surface area contributed by atoms with Crippen molar-refractivity contribution in [1.29, 1.82) is 0 Å². The van der Waals surface area contributed by atoms with E-state index in [1.165, 1.54) is 24.3 Å². The molecule has 2 aromatic carbocycles. The SMILES string of the molecule is CN=C(COC(C)C(=O)Nc1ccc(C(=O)O)cc1)c1ccccc1N. The topological polar surface area (TPSA) is 114 Å². The molecule has 0 aliphatic rings. The van der Waals surface area contributed by atoms with Gasteiger partial charge >= 0.3 is 5.97 Å². The van der Waals surface area contributed by atoms with Crippen LogP contribution in [0.3, 0.4) is 0 Å². The largest absolute Gasteiger partial charge is 0.478 e. The molecule has 7 nitrogen and oxygen atoms in total. The van der Waals surface area contributed by atoms with E-state index < -0.39 is 12.1 Å². The minimum Gasteiger partial charge on any atom is -0.478 e. The van der Waals surface area contributed by atoms with Gasteiger partial charge in [-0.3, -0.25) is 9.79 Å². The number of nitrogens with one attached hydrogen (secondary N) is 1. The molecule has 0 aliphatic carbocycles. The number of para-hydroxylation sites is 1. The summed E-state index contributed by atoms with van der Waals surface area (Å²) in [6, 6.07) is 13.2. The van der Waals surface area contributed by atoms with E-state index in [-0.39, 0.29) is 18.1 Å². The van der Waals surface area contributed by atoms with Crippen LogP contribution in [0.25, 0.3) is 0 Å². The maximum absolute atomic E-state index is 12.2. The van der Waals surface area contributed by atoms with E-state index >= 15 is 0 Å². The van der Waals surface area contributed by atoms with Crippen molar-refractivity contribution < 1.29 is 19.4 Å². The van der Waals surface area contributed by atoms with Crippen molar-refractivity contribution in [2.24, 2.45) is 4.99 Å². The Morgan fingerprint density at radius 3 is 2.42 bits per heavy atom. The molecule has 1 atom stereocenters. The summed E-state index contributed by atoms with van der Waals surface area (Å²) in [6.45, 7) is 1.76. The molecule has 1 unspecified atom stereocenters. The van der Waals surface area contributed by atoms with Crippen LogP contribution < -0.4 is 11.1 Å². The molecule has 0 aliphatic heterocycles. The lowest BCUT2D eigenvalue weighted by Crippen LogP contribution is -2.30. The number of rotatable bonds is 7. The lowest BCUT2D eigenvalue weighted by molar-refractivity contribution is -0.125.